The predicted molar refractivity (Wildman–Crippen MR) is 90.2 cm³/mol. The molecule has 2 aliphatic rings. The van der Waals surface area contributed by atoms with Crippen LogP contribution in [0, 0.1) is 5.92 Å². The Kier molecular flexibility index (Phi) is 5.18. The van der Waals surface area contributed by atoms with Gasteiger partial charge >= 0.3 is 0 Å². The monoisotopic (exact) mass is 333 g/mol. The maximum absolute atomic E-state index is 12.7. The normalized spacial score (nSPS) is 23.4. The number of aromatic nitrogens is 2. The van der Waals surface area contributed by atoms with Crippen molar-refractivity contribution < 1.29 is 9.59 Å². The Morgan fingerprint density at radius 2 is 2.00 bits per heavy atom. The Hall–Kier alpha value is -1.89. The highest BCUT2D eigenvalue weighted by atomic mass is 16.2. The Balaban J connectivity index is 1.57. The van der Waals surface area contributed by atoms with E-state index in [1.54, 1.807) is 12.4 Å². The van der Waals surface area contributed by atoms with Crippen LogP contribution in [-0.4, -0.2) is 64.4 Å². The average Bonchev–Trinajstić information content (AvgIpc) is 3.01. The Bertz CT molecular complexity index is 592. The summed E-state index contributed by atoms with van der Waals surface area (Å²) in [6.45, 7) is 3.68. The molecule has 2 aliphatic heterocycles. The highest BCUT2D eigenvalue weighted by Crippen LogP contribution is 2.28. The van der Waals surface area contributed by atoms with Gasteiger partial charge in [0.1, 0.15) is 12.4 Å². The zero-order chi connectivity index (χ0) is 17.1. The van der Waals surface area contributed by atoms with E-state index in [1.165, 1.54) is 0 Å². The molecule has 7 nitrogen and oxygen atoms in total. The van der Waals surface area contributed by atoms with Crippen LogP contribution in [0.5, 0.6) is 0 Å². The number of hydrogen-bond acceptors (Lipinski definition) is 4. The standard InChI is InChI=1S/C17H27N5O2/c1-20-7-2-3-14(11-20)17(24)21-8-4-13(5-9-21)16-19-6-10-22(16)12-15(18)23/h6,10,13-14H,2-5,7-9,11-12H2,1H3,(H2,18,23)/t14-/m0/s1. The van der Waals surface area contributed by atoms with Crippen LogP contribution in [0.25, 0.3) is 0 Å². The SMILES string of the molecule is CN1CCC[C@H](C(=O)N2CCC(c3nccn3CC(N)=O)CC2)C1. The summed E-state index contributed by atoms with van der Waals surface area (Å²) < 4.78 is 1.83. The fourth-order valence-corrected chi connectivity index (χ4v) is 3.97. The van der Waals surface area contributed by atoms with Crippen LogP contribution >= 0.6 is 0 Å². The van der Waals surface area contributed by atoms with E-state index in [0.29, 0.717) is 5.91 Å². The number of piperidine rings is 2. The minimum absolute atomic E-state index is 0.150. The first-order valence-corrected chi connectivity index (χ1v) is 8.81. The molecule has 2 saturated heterocycles. The minimum Gasteiger partial charge on any atom is -0.368 e. The van der Waals surface area contributed by atoms with Gasteiger partial charge < -0.3 is 20.1 Å². The quantitative estimate of drug-likeness (QED) is 0.865. The third-order valence-corrected chi connectivity index (χ3v) is 5.22. The molecule has 3 rings (SSSR count). The van der Waals surface area contributed by atoms with Crippen LogP contribution in [-0.2, 0) is 16.1 Å². The average molecular weight is 333 g/mol. The number of likely N-dealkylation sites (tertiary alicyclic amines) is 2. The van der Waals surface area contributed by atoms with E-state index in [-0.39, 0.29) is 24.3 Å². The van der Waals surface area contributed by atoms with Crippen LogP contribution in [0.3, 0.4) is 0 Å². The van der Waals surface area contributed by atoms with E-state index in [2.05, 4.69) is 16.9 Å². The number of nitrogens with zero attached hydrogens (tertiary/aromatic N) is 4. The van der Waals surface area contributed by atoms with Crippen LogP contribution in [0.1, 0.15) is 37.4 Å². The zero-order valence-electron chi connectivity index (χ0n) is 14.4. The molecule has 0 unspecified atom stereocenters. The van der Waals surface area contributed by atoms with Crippen LogP contribution in [0.15, 0.2) is 12.4 Å². The molecule has 2 amide bonds. The predicted octanol–water partition coefficient (Wildman–Crippen LogP) is 0.416. The van der Waals surface area contributed by atoms with Gasteiger partial charge in [-0.1, -0.05) is 0 Å². The molecular weight excluding hydrogens is 306 g/mol. The van der Waals surface area contributed by atoms with Gasteiger partial charge in [0.2, 0.25) is 11.8 Å². The first kappa shape index (κ1) is 17.0. The van der Waals surface area contributed by atoms with Crippen molar-refractivity contribution >= 4 is 11.8 Å². The first-order chi connectivity index (χ1) is 11.5. The van der Waals surface area contributed by atoms with Crippen molar-refractivity contribution in [1.82, 2.24) is 19.4 Å². The molecule has 2 N–H and O–H groups in total. The summed E-state index contributed by atoms with van der Waals surface area (Å²) in [5, 5.41) is 0. The van der Waals surface area contributed by atoms with Gasteiger partial charge in [0.15, 0.2) is 0 Å². The molecule has 2 fully saturated rings. The van der Waals surface area contributed by atoms with Crippen LogP contribution in [0.4, 0.5) is 0 Å². The number of primary amides is 1. The van der Waals surface area contributed by atoms with Crippen molar-refractivity contribution in [2.75, 3.05) is 33.2 Å². The number of imidazole rings is 1. The maximum atomic E-state index is 12.7. The summed E-state index contributed by atoms with van der Waals surface area (Å²) in [4.78, 5) is 32.6. The Morgan fingerprint density at radius 3 is 2.67 bits per heavy atom. The lowest BCUT2D eigenvalue weighted by molar-refractivity contribution is -0.138. The maximum Gasteiger partial charge on any atom is 0.237 e. The molecule has 7 heteroatoms. The van der Waals surface area contributed by atoms with E-state index in [1.807, 2.05) is 9.47 Å². The van der Waals surface area contributed by atoms with E-state index in [4.69, 9.17) is 5.73 Å². The summed E-state index contributed by atoms with van der Waals surface area (Å²) in [6, 6.07) is 0. The largest absolute Gasteiger partial charge is 0.368 e. The van der Waals surface area contributed by atoms with Crippen molar-refractivity contribution in [2.45, 2.75) is 38.1 Å². The molecule has 0 bridgehead atoms. The molecule has 0 spiro atoms. The van der Waals surface area contributed by atoms with Gasteiger partial charge in [-0.25, -0.2) is 4.98 Å². The molecule has 3 heterocycles. The molecule has 132 valence electrons. The second-order valence-electron chi connectivity index (χ2n) is 7.08. The number of hydrogen-bond donors (Lipinski definition) is 1. The van der Waals surface area contributed by atoms with Gasteiger partial charge in [-0.05, 0) is 39.3 Å². The van der Waals surface area contributed by atoms with Crippen molar-refractivity contribution in [2.24, 2.45) is 11.7 Å². The van der Waals surface area contributed by atoms with E-state index in [0.717, 1.165) is 57.7 Å². The Labute approximate surface area is 142 Å². The zero-order valence-corrected chi connectivity index (χ0v) is 14.4. The van der Waals surface area contributed by atoms with Crippen molar-refractivity contribution in [1.29, 1.82) is 0 Å². The van der Waals surface area contributed by atoms with E-state index in [9.17, 15) is 9.59 Å². The van der Waals surface area contributed by atoms with E-state index >= 15 is 0 Å². The number of rotatable bonds is 4. The number of carbonyl (C=O) groups excluding carboxylic acids is 2. The second kappa shape index (κ2) is 7.34. The highest BCUT2D eigenvalue weighted by molar-refractivity contribution is 5.79. The number of amides is 2. The number of carbonyl (C=O) groups is 2. The lowest BCUT2D eigenvalue weighted by Crippen LogP contribution is -2.46. The summed E-state index contributed by atoms with van der Waals surface area (Å²) >= 11 is 0. The van der Waals surface area contributed by atoms with Crippen LogP contribution in [0.2, 0.25) is 0 Å². The van der Waals surface area contributed by atoms with Crippen LogP contribution < -0.4 is 5.73 Å². The molecule has 1 aromatic rings. The number of nitrogens with two attached hydrogens (primary N) is 1. The molecular formula is C17H27N5O2. The molecule has 1 atom stereocenters. The molecule has 0 saturated carbocycles. The van der Waals surface area contributed by atoms with Gasteiger partial charge in [0.05, 0.1) is 5.92 Å². The minimum atomic E-state index is -0.358. The summed E-state index contributed by atoms with van der Waals surface area (Å²) in [5.41, 5.74) is 5.29. The summed E-state index contributed by atoms with van der Waals surface area (Å²) in [6.07, 6.45) is 7.41. The first-order valence-electron chi connectivity index (χ1n) is 8.81. The lowest BCUT2D eigenvalue weighted by Gasteiger charge is -2.36. The van der Waals surface area contributed by atoms with Gasteiger partial charge in [-0.3, -0.25) is 9.59 Å². The van der Waals surface area contributed by atoms with Gasteiger partial charge in [0.25, 0.3) is 0 Å². The smallest absolute Gasteiger partial charge is 0.237 e. The third-order valence-electron chi connectivity index (χ3n) is 5.22. The van der Waals surface area contributed by atoms with Gasteiger partial charge in [0, 0.05) is 37.9 Å². The second-order valence-corrected chi connectivity index (χ2v) is 7.08. The van der Waals surface area contributed by atoms with Crippen molar-refractivity contribution in [3.8, 4) is 0 Å². The molecule has 24 heavy (non-hydrogen) atoms. The fourth-order valence-electron chi connectivity index (χ4n) is 3.97. The fraction of sp³-hybridized carbons (Fsp3) is 0.706. The molecule has 0 radical (unpaired) electrons. The van der Waals surface area contributed by atoms with Crippen molar-refractivity contribution in [3.05, 3.63) is 18.2 Å². The summed E-state index contributed by atoms with van der Waals surface area (Å²) in [5.74, 6) is 1.30. The topological polar surface area (TPSA) is 84.5 Å². The van der Waals surface area contributed by atoms with Crippen molar-refractivity contribution in [3.63, 3.8) is 0 Å². The van der Waals surface area contributed by atoms with E-state index < -0.39 is 0 Å². The Morgan fingerprint density at radius 1 is 1.25 bits per heavy atom. The third kappa shape index (κ3) is 3.77. The van der Waals surface area contributed by atoms with Gasteiger partial charge in [-0.2, -0.15) is 0 Å². The molecule has 0 aromatic carbocycles. The lowest BCUT2D eigenvalue weighted by atomic mass is 9.92. The summed E-state index contributed by atoms with van der Waals surface area (Å²) in [7, 11) is 2.09. The molecule has 1 aromatic heterocycles. The highest BCUT2D eigenvalue weighted by Gasteiger charge is 2.31. The van der Waals surface area contributed by atoms with Gasteiger partial charge in [-0.15, -0.1) is 0 Å². The molecule has 0 aliphatic carbocycles.